The summed E-state index contributed by atoms with van der Waals surface area (Å²) in [5.41, 5.74) is 1.54. The highest BCUT2D eigenvalue weighted by atomic mass is 16.5. The van der Waals surface area contributed by atoms with E-state index in [9.17, 15) is 9.59 Å². The Morgan fingerprint density at radius 2 is 1.81 bits per heavy atom. The van der Waals surface area contributed by atoms with Gasteiger partial charge in [-0.2, -0.15) is 0 Å². The number of rotatable bonds is 5. The molecule has 1 fully saturated rings. The molecule has 0 saturated carbocycles. The largest absolute Gasteiger partial charge is 0.487 e. The first-order valence-electron chi connectivity index (χ1n) is 11.4. The third-order valence-corrected chi connectivity index (χ3v) is 6.97. The molecule has 2 aromatic rings. The van der Waals surface area contributed by atoms with E-state index in [0.29, 0.717) is 25.2 Å². The van der Waals surface area contributed by atoms with E-state index in [2.05, 4.69) is 6.07 Å². The van der Waals surface area contributed by atoms with Gasteiger partial charge in [-0.15, -0.1) is 0 Å². The van der Waals surface area contributed by atoms with Crippen LogP contribution in [0, 0.1) is 0 Å². The lowest BCUT2D eigenvalue weighted by atomic mass is 9.76. The van der Waals surface area contributed by atoms with E-state index in [-0.39, 0.29) is 23.3 Å². The van der Waals surface area contributed by atoms with Crippen molar-refractivity contribution in [2.45, 2.75) is 51.0 Å². The Kier molecular flexibility index (Phi) is 6.08. The lowest BCUT2D eigenvalue weighted by Crippen LogP contribution is -2.52. The third-order valence-electron chi connectivity index (χ3n) is 6.97. The number of hydrogen-bond donors (Lipinski definition) is 0. The number of benzene rings is 1. The molecule has 0 aliphatic carbocycles. The van der Waals surface area contributed by atoms with Crippen LogP contribution in [0.2, 0.25) is 0 Å². The van der Waals surface area contributed by atoms with Gasteiger partial charge in [-0.3, -0.25) is 9.59 Å². The van der Waals surface area contributed by atoms with Gasteiger partial charge >= 0.3 is 0 Å². The zero-order valence-electron chi connectivity index (χ0n) is 18.8. The third kappa shape index (κ3) is 4.21. The zero-order valence-corrected chi connectivity index (χ0v) is 18.8. The molecule has 3 heterocycles. The maximum absolute atomic E-state index is 12.9. The minimum Gasteiger partial charge on any atom is -0.487 e. The summed E-state index contributed by atoms with van der Waals surface area (Å²) in [4.78, 5) is 29.6. The molecule has 6 heteroatoms. The second kappa shape index (κ2) is 8.77. The minimum absolute atomic E-state index is 0.0758. The molecule has 1 saturated heterocycles. The summed E-state index contributed by atoms with van der Waals surface area (Å²) in [7, 11) is 1.90. The summed E-state index contributed by atoms with van der Waals surface area (Å²) in [6.45, 7) is 6.87. The maximum Gasteiger partial charge on any atom is 0.270 e. The minimum atomic E-state index is -0.312. The Labute approximate surface area is 184 Å². The van der Waals surface area contributed by atoms with Crippen molar-refractivity contribution in [2.24, 2.45) is 7.05 Å². The number of aryl methyl sites for hydroxylation is 1. The molecular formula is C25H33N3O3. The van der Waals surface area contributed by atoms with E-state index in [0.717, 1.165) is 43.7 Å². The Bertz CT molecular complexity index is 939. The van der Waals surface area contributed by atoms with Gasteiger partial charge in [0.05, 0.1) is 0 Å². The van der Waals surface area contributed by atoms with Crippen LogP contribution in [0.5, 0.6) is 5.75 Å². The van der Waals surface area contributed by atoms with E-state index in [1.807, 2.05) is 71.8 Å². The van der Waals surface area contributed by atoms with Crippen LogP contribution in [-0.4, -0.2) is 58.0 Å². The predicted octanol–water partition coefficient (Wildman–Crippen LogP) is 3.82. The van der Waals surface area contributed by atoms with Crippen LogP contribution < -0.4 is 4.74 Å². The topological polar surface area (TPSA) is 54.8 Å². The number of carbonyl (C=O) groups excluding carboxylic acids is 2. The lowest BCUT2D eigenvalue weighted by molar-refractivity contribution is -0.131. The van der Waals surface area contributed by atoms with E-state index in [4.69, 9.17) is 4.74 Å². The molecule has 0 unspecified atom stereocenters. The number of likely N-dealkylation sites (tertiary alicyclic amines) is 1. The highest BCUT2D eigenvalue weighted by molar-refractivity contribution is 5.92. The number of nitrogens with zero attached hydrogens (tertiary/aromatic N) is 3. The van der Waals surface area contributed by atoms with Gasteiger partial charge in [-0.05, 0) is 44.0 Å². The number of ether oxygens (including phenoxy) is 1. The van der Waals surface area contributed by atoms with E-state index in [1.165, 1.54) is 0 Å². The van der Waals surface area contributed by atoms with Crippen LogP contribution in [-0.2, 0) is 11.8 Å². The molecule has 1 aromatic heterocycles. The molecule has 6 nitrogen and oxygen atoms in total. The van der Waals surface area contributed by atoms with Gasteiger partial charge in [0.1, 0.15) is 17.0 Å². The molecule has 1 atom stereocenters. The fourth-order valence-corrected chi connectivity index (χ4v) is 5.11. The number of aromatic nitrogens is 1. The van der Waals surface area contributed by atoms with Crippen LogP contribution in [0.4, 0.5) is 0 Å². The number of piperidine rings is 1. The number of fused-ring (bicyclic) bond motifs is 1. The van der Waals surface area contributed by atoms with Crippen LogP contribution in [0.3, 0.4) is 0 Å². The first-order valence-corrected chi connectivity index (χ1v) is 11.4. The van der Waals surface area contributed by atoms with Crippen molar-refractivity contribution in [1.29, 1.82) is 0 Å². The molecule has 2 aliphatic rings. The van der Waals surface area contributed by atoms with Crippen molar-refractivity contribution >= 4 is 11.8 Å². The van der Waals surface area contributed by atoms with Crippen molar-refractivity contribution in [3.05, 3.63) is 53.9 Å². The lowest BCUT2D eigenvalue weighted by Gasteiger charge is -2.47. The van der Waals surface area contributed by atoms with E-state index >= 15 is 0 Å². The van der Waals surface area contributed by atoms with E-state index < -0.39 is 0 Å². The normalized spacial score (nSPS) is 19.6. The molecule has 2 amide bonds. The molecule has 0 radical (unpaired) electrons. The molecule has 4 rings (SSSR count). The Morgan fingerprint density at radius 3 is 2.45 bits per heavy atom. The average Bonchev–Trinajstić information content (AvgIpc) is 3.20. The summed E-state index contributed by atoms with van der Waals surface area (Å²) in [6, 6.07) is 11.9. The monoisotopic (exact) mass is 423 g/mol. The molecule has 1 spiro atoms. The van der Waals surface area contributed by atoms with Crippen molar-refractivity contribution in [1.82, 2.24) is 14.4 Å². The molecule has 31 heavy (non-hydrogen) atoms. The van der Waals surface area contributed by atoms with Gasteiger partial charge < -0.3 is 19.1 Å². The molecule has 0 bridgehead atoms. The van der Waals surface area contributed by atoms with Crippen molar-refractivity contribution in [2.75, 3.05) is 26.2 Å². The van der Waals surface area contributed by atoms with Gasteiger partial charge in [-0.1, -0.05) is 18.2 Å². The van der Waals surface area contributed by atoms with Crippen LogP contribution in [0.15, 0.2) is 42.6 Å². The number of amides is 2. The quantitative estimate of drug-likeness (QED) is 0.735. The fraction of sp³-hybridized carbons (Fsp3) is 0.520. The summed E-state index contributed by atoms with van der Waals surface area (Å²) in [6.07, 6.45) is 4.80. The van der Waals surface area contributed by atoms with Gasteiger partial charge in [0.2, 0.25) is 5.91 Å². The van der Waals surface area contributed by atoms with Gasteiger partial charge in [-0.25, -0.2) is 0 Å². The first kappa shape index (κ1) is 21.5. The second-order valence-electron chi connectivity index (χ2n) is 8.79. The number of carbonyl (C=O) groups is 2. The first-order chi connectivity index (χ1) is 15.0. The van der Waals surface area contributed by atoms with Gasteiger partial charge in [0.15, 0.2) is 0 Å². The Hall–Kier alpha value is -2.76. The van der Waals surface area contributed by atoms with Crippen LogP contribution in [0.1, 0.15) is 61.5 Å². The van der Waals surface area contributed by atoms with Crippen molar-refractivity contribution in [3.63, 3.8) is 0 Å². The van der Waals surface area contributed by atoms with Crippen molar-refractivity contribution < 1.29 is 14.3 Å². The summed E-state index contributed by atoms with van der Waals surface area (Å²) >= 11 is 0. The summed E-state index contributed by atoms with van der Waals surface area (Å²) < 4.78 is 8.43. The average molecular weight is 424 g/mol. The molecule has 166 valence electrons. The van der Waals surface area contributed by atoms with E-state index in [1.54, 1.807) is 0 Å². The molecular weight excluding hydrogens is 390 g/mol. The maximum atomic E-state index is 12.9. The highest BCUT2D eigenvalue weighted by Gasteiger charge is 2.44. The van der Waals surface area contributed by atoms with Gasteiger partial charge in [0, 0.05) is 64.6 Å². The van der Waals surface area contributed by atoms with Crippen LogP contribution >= 0.6 is 0 Å². The predicted molar refractivity (Wildman–Crippen MR) is 120 cm³/mol. The Morgan fingerprint density at radius 1 is 1.10 bits per heavy atom. The SMILES string of the molecule is CCN(CC)C(=O)C[C@H]1CC2(CCN(C(=O)c3cccn3C)CC2)Oc2ccccc21. The van der Waals surface area contributed by atoms with Crippen molar-refractivity contribution in [3.8, 4) is 5.75 Å². The molecule has 1 aromatic carbocycles. The summed E-state index contributed by atoms with van der Waals surface area (Å²) in [5.74, 6) is 1.33. The van der Waals surface area contributed by atoms with Crippen LogP contribution in [0.25, 0.3) is 0 Å². The Balaban J connectivity index is 1.50. The van der Waals surface area contributed by atoms with Gasteiger partial charge in [0.25, 0.3) is 5.91 Å². The smallest absolute Gasteiger partial charge is 0.270 e. The highest BCUT2D eigenvalue weighted by Crippen LogP contribution is 2.46. The number of para-hydroxylation sites is 1. The fourth-order valence-electron chi connectivity index (χ4n) is 5.11. The molecule has 2 aliphatic heterocycles. The standard InChI is InChI=1S/C25H33N3O3/c1-4-27(5-2)23(29)17-19-18-25(31-22-11-7-6-9-20(19)22)12-15-28(16-13-25)24(30)21-10-8-14-26(21)3/h6-11,14,19H,4-5,12-13,15-18H2,1-3H3/t19-/m0/s1. The zero-order chi connectivity index (χ0) is 22.0. The molecule has 0 N–H and O–H groups in total. The number of hydrogen-bond acceptors (Lipinski definition) is 3. The summed E-state index contributed by atoms with van der Waals surface area (Å²) in [5, 5.41) is 0. The second-order valence-corrected chi connectivity index (χ2v) is 8.79.